The van der Waals surface area contributed by atoms with Gasteiger partial charge in [-0.1, -0.05) is 202 Å². The van der Waals surface area contributed by atoms with Crippen LogP contribution in [0.15, 0.2) is 206 Å². The Hall–Kier alpha value is -7.42. The minimum Gasteiger partial charge on any atom is -0.228 e. The number of rotatable bonds is 6. The van der Waals surface area contributed by atoms with E-state index < -0.39 is 0 Å². The van der Waals surface area contributed by atoms with Crippen molar-refractivity contribution < 1.29 is 0 Å². The van der Waals surface area contributed by atoms with Crippen LogP contribution in [-0.4, -0.2) is 9.97 Å². The second kappa shape index (κ2) is 13.9. The highest BCUT2D eigenvalue weighted by Gasteiger charge is 2.37. The standard InChI is InChI=1S/C57H40N2/c1-57(2)52-35-42-21-10-9-20-41(42)34-51(52)50-27-15-26-45(55(50)57)39-30-28-38(29-31-39)44-32-33-49(47-24-13-12-23-46(44)47)54-36-53(58-56(59-54)40-18-7-4-8-19-40)48-25-14-11-22-43(48)37-16-5-3-6-17-37/h3-36H,1-2H3. The Bertz CT molecular complexity index is 3220. The van der Waals surface area contributed by atoms with Crippen molar-refractivity contribution in [1.82, 2.24) is 9.97 Å². The number of aromatic nitrogens is 2. The van der Waals surface area contributed by atoms with Crippen LogP contribution >= 0.6 is 0 Å². The minimum atomic E-state index is -0.124. The molecule has 0 atom stereocenters. The lowest BCUT2D eigenvalue weighted by Gasteiger charge is -2.25. The summed E-state index contributed by atoms with van der Waals surface area (Å²) in [6.07, 6.45) is 0. The van der Waals surface area contributed by atoms with E-state index in [0.717, 1.165) is 44.6 Å². The van der Waals surface area contributed by atoms with Gasteiger partial charge in [-0.3, -0.25) is 0 Å². The lowest BCUT2D eigenvalue weighted by molar-refractivity contribution is 0.663. The summed E-state index contributed by atoms with van der Waals surface area (Å²) in [5, 5.41) is 4.92. The van der Waals surface area contributed by atoms with E-state index in [4.69, 9.17) is 9.97 Å². The molecule has 9 aromatic carbocycles. The average Bonchev–Trinajstić information content (AvgIpc) is 3.53. The van der Waals surface area contributed by atoms with Gasteiger partial charge < -0.3 is 0 Å². The Kier molecular flexibility index (Phi) is 8.20. The highest BCUT2D eigenvalue weighted by molar-refractivity contribution is 6.05. The Morgan fingerprint density at radius 1 is 0.322 bits per heavy atom. The van der Waals surface area contributed by atoms with Crippen molar-refractivity contribution in [3.63, 3.8) is 0 Å². The predicted molar refractivity (Wildman–Crippen MR) is 247 cm³/mol. The maximum Gasteiger partial charge on any atom is 0.160 e. The van der Waals surface area contributed by atoms with Crippen LogP contribution in [-0.2, 0) is 5.41 Å². The van der Waals surface area contributed by atoms with E-state index in [1.807, 2.05) is 18.2 Å². The van der Waals surface area contributed by atoms with Gasteiger partial charge in [-0.05, 0) is 95.4 Å². The molecule has 11 rings (SSSR count). The fraction of sp³-hybridized carbons (Fsp3) is 0.0526. The van der Waals surface area contributed by atoms with E-state index in [9.17, 15) is 0 Å². The van der Waals surface area contributed by atoms with Crippen LogP contribution in [0.2, 0.25) is 0 Å². The number of benzene rings is 9. The van der Waals surface area contributed by atoms with Gasteiger partial charge >= 0.3 is 0 Å². The summed E-state index contributed by atoms with van der Waals surface area (Å²) < 4.78 is 0. The third kappa shape index (κ3) is 5.87. The van der Waals surface area contributed by atoms with Crippen LogP contribution in [0, 0.1) is 0 Å². The molecule has 1 aliphatic rings. The second-order valence-electron chi connectivity index (χ2n) is 16.1. The molecule has 2 heteroatoms. The van der Waals surface area contributed by atoms with Crippen LogP contribution in [0.5, 0.6) is 0 Å². The molecule has 1 aromatic heterocycles. The molecule has 0 radical (unpaired) electrons. The first-order valence-corrected chi connectivity index (χ1v) is 20.4. The fourth-order valence-electron chi connectivity index (χ4n) is 9.42. The summed E-state index contributed by atoms with van der Waals surface area (Å²) in [7, 11) is 0. The molecule has 0 saturated carbocycles. The highest BCUT2D eigenvalue weighted by Crippen LogP contribution is 2.53. The van der Waals surface area contributed by atoms with Crippen LogP contribution in [0.1, 0.15) is 25.0 Å². The zero-order valence-corrected chi connectivity index (χ0v) is 33.0. The summed E-state index contributed by atoms with van der Waals surface area (Å²) in [5.41, 5.74) is 17.5. The molecule has 59 heavy (non-hydrogen) atoms. The molecule has 2 nitrogen and oxygen atoms in total. The van der Waals surface area contributed by atoms with Gasteiger partial charge in [0.05, 0.1) is 11.4 Å². The Balaban J connectivity index is 1.01. The van der Waals surface area contributed by atoms with Gasteiger partial charge in [-0.15, -0.1) is 0 Å². The van der Waals surface area contributed by atoms with Gasteiger partial charge in [-0.25, -0.2) is 9.97 Å². The van der Waals surface area contributed by atoms with Crippen LogP contribution in [0.3, 0.4) is 0 Å². The summed E-state index contributed by atoms with van der Waals surface area (Å²) >= 11 is 0. The molecule has 0 bridgehead atoms. The molecule has 1 heterocycles. The van der Waals surface area contributed by atoms with E-state index in [1.165, 1.54) is 60.7 Å². The first kappa shape index (κ1) is 34.8. The molecule has 278 valence electrons. The lowest BCUT2D eigenvalue weighted by atomic mass is 9.78. The third-order valence-electron chi connectivity index (χ3n) is 12.3. The van der Waals surface area contributed by atoms with Gasteiger partial charge in [0.2, 0.25) is 0 Å². The quantitative estimate of drug-likeness (QED) is 0.169. The monoisotopic (exact) mass is 752 g/mol. The Labute approximate surface area is 345 Å². The van der Waals surface area contributed by atoms with Crippen LogP contribution in [0.4, 0.5) is 0 Å². The van der Waals surface area contributed by atoms with Crippen LogP contribution < -0.4 is 0 Å². The van der Waals surface area contributed by atoms with Crippen LogP contribution in [0.25, 0.3) is 100.0 Å². The lowest BCUT2D eigenvalue weighted by Crippen LogP contribution is -2.16. The number of fused-ring (bicyclic) bond motifs is 5. The van der Waals surface area contributed by atoms with Gasteiger partial charge in [0, 0.05) is 22.1 Å². The van der Waals surface area contributed by atoms with Gasteiger partial charge in [-0.2, -0.15) is 0 Å². The van der Waals surface area contributed by atoms with Crippen molar-refractivity contribution >= 4 is 21.5 Å². The first-order valence-electron chi connectivity index (χ1n) is 20.4. The summed E-state index contributed by atoms with van der Waals surface area (Å²) in [6, 6.07) is 74.2. The molecule has 0 N–H and O–H groups in total. The third-order valence-corrected chi connectivity index (χ3v) is 12.3. The molecule has 1 aliphatic carbocycles. The SMILES string of the molecule is CC1(C)c2cc3ccccc3cc2-c2cccc(-c3ccc(-c4ccc(-c5cc(-c6ccccc6-c6ccccc6)nc(-c6ccccc6)n5)c5ccccc45)cc3)c21. The zero-order valence-electron chi connectivity index (χ0n) is 33.0. The van der Waals surface area contributed by atoms with Crippen molar-refractivity contribution in [1.29, 1.82) is 0 Å². The first-order chi connectivity index (χ1) is 29.0. The molecule has 0 saturated heterocycles. The zero-order chi connectivity index (χ0) is 39.5. The normalized spacial score (nSPS) is 12.7. The second-order valence-corrected chi connectivity index (χ2v) is 16.1. The van der Waals surface area contributed by atoms with Crippen molar-refractivity contribution in [3.05, 3.63) is 217 Å². The minimum absolute atomic E-state index is 0.124. The molecule has 10 aromatic rings. The molecular weight excluding hydrogens is 713 g/mol. The van der Waals surface area contributed by atoms with Crippen molar-refractivity contribution in [2.24, 2.45) is 0 Å². The molecular formula is C57H40N2. The van der Waals surface area contributed by atoms with Gasteiger partial charge in [0.15, 0.2) is 5.82 Å². The van der Waals surface area contributed by atoms with E-state index in [0.29, 0.717) is 5.82 Å². The number of hydrogen-bond donors (Lipinski definition) is 0. The highest BCUT2D eigenvalue weighted by atomic mass is 14.9. The van der Waals surface area contributed by atoms with Gasteiger partial charge in [0.25, 0.3) is 0 Å². The van der Waals surface area contributed by atoms with Crippen molar-refractivity contribution in [3.8, 4) is 78.4 Å². The largest absolute Gasteiger partial charge is 0.228 e. The summed E-state index contributed by atoms with van der Waals surface area (Å²) in [6.45, 7) is 4.76. The smallest absolute Gasteiger partial charge is 0.160 e. The maximum absolute atomic E-state index is 5.26. The van der Waals surface area contributed by atoms with Crippen molar-refractivity contribution in [2.75, 3.05) is 0 Å². The summed E-state index contributed by atoms with van der Waals surface area (Å²) in [5.74, 6) is 0.705. The fourth-order valence-corrected chi connectivity index (χ4v) is 9.42. The topological polar surface area (TPSA) is 25.8 Å². The Morgan fingerprint density at radius 2 is 0.814 bits per heavy atom. The molecule has 0 fully saturated rings. The predicted octanol–water partition coefficient (Wildman–Crippen LogP) is 15.1. The van der Waals surface area contributed by atoms with E-state index >= 15 is 0 Å². The molecule has 0 aliphatic heterocycles. The summed E-state index contributed by atoms with van der Waals surface area (Å²) in [4.78, 5) is 10.5. The molecule has 0 unspecified atom stereocenters. The number of hydrogen-bond acceptors (Lipinski definition) is 2. The van der Waals surface area contributed by atoms with Crippen molar-refractivity contribution in [2.45, 2.75) is 19.3 Å². The number of nitrogens with zero attached hydrogens (tertiary/aromatic N) is 2. The molecule has 0 amide bonds. The van der Waals surface area contributed by atoms with E-state index in [1.54, 1.807) is 0 Å². The van der Waals surface area contributed by atoms with E-state index in [2.05, 4.69) is 202 Å². The van der Waals surface area contributed by atoms with Gasteiger partial charge in [0.1, 0.15) is 0 Å². The Morgan fingerprint density at radius 3 is 1.53 bits per heavy atom. The van der Waals surface area contributed by atoms with E-state index in [-0.39, 0.29) is 5.41 Å². The maximum atomic E-state index is 5.26. The molecule has 0 spiro atoms. The average molecular weight is 753 g/mol.